The smallest absolute Gasteiger partial charge is 0.226 e. The van der Waals surface area contributed by atoms with Gasteiger partial charge in [0.05, 0.1) is 11.4 Å². The fourth-order valence-corrected chi connectivity index (χ4v) is 2.80. The molecule has 1 aliphatic heterocycles. The van der Waals surface area contributed by atoms with Crippen LogP contribution in [0.2, 0.25) is 5.02 Å². The van der Waals surface area contributed by atoms with Crippen LogP contribution in [-0.2, 0) is 11.2 Å². The predicted octanol–water partition coefficient (Wildman–Crippen LogP) is 3.28. The molecular weight excluding hydrogens is 363 g/mol. The lowest BCUT2D eigenvalue weighted by Gasteiger charge is -2.31. The second-order valence-corrected chi connectivity index (χ2v) is 6.13. The lowest BCUT2D eigenvalue weighted by molar-refractivity contribution is -0.131. The molecule has 3 nitrogen and oxygen atoms in total. The lowest BCUT2D eigenvalue weighted by atomic mass is 10.0. The Bertz CT molecular complexity index is 462. The van der Waals surface area contributed by atoms with Crippen molar-refractivity contribution < 1.29 is 4.79 Å². The lowest BCUT2D eigenvalue weighted by Crippen LogP contribution is -2.44. The molecule has 0 unspecified atom stereocenters. The van der Waals surface area contributed by atoms with Gasteiger partial charge in [-0.3, -0.25) is 4.79 Å². The summed E-state index contributed by atoms with van der Waals surface area (Å²) < 4.78 is 0.861. The van der Waals surface area contributed by atoms with Gasteiger partial charge in [0, 0.05) is 23.6 Å². The highest BCUT2D eigenvalue weighted by molar-refractivity contribution is 9.10. The number of halogens is 3. The van der Waals surface area contributed by atoms with Gasteiger partial charge in [-0.2, -0.15) is 0 Å². The van der Waals surface area contributed by atoms with Gasteiger partial charge in [-0.25, -0.2) is 0 Å². The number of carbonyl (C=O) groups excluding carboxylic acids is 1. The van der Waals surface area contributed by atoms with Crippen LogP contribution in [0.3, 0.4) is 0 Å². The molecule has 0 spiro atoms. The van der Waals surface area contributed by atoms with E-state index in [-0.39, 0.29) is 18.3 Å². The molecule has 1 amide bonds. The third-order valence-electron chi connectivity index (χ3n) is 3.60. The maximum absolute atomic E-state index is 12.2. The van der Waals surface area contributed by atoms with E-state index < -0.39 is 0 Å². The van der Waals surface area contributed by atoms with Crippen LogP contribution in [0.4, 0.5) is 0 Å². The van der Waals surface area contributed by atoms with Crippen molar-refractivity contribution in [2.45, 2.75) is 25.3 Å². The van der Waals surface area contributed by atoms with Gasteiger partial charge >= 0.3 is 0 Å². The van der Waals surface area contributed by atoms with Crippen molar-refractivity contribution in [3.8, 4) is 0 Å². The second kappa shape index (κ2) is 8.23. The third kappa shape index (κ3) is 4.62. The van der Waals surface area contributed by atoms with Gasteiger partial charge in [-0.15, -0.1) is 12.4 Å². The number of piperidine rings is 1. The van der Waals surface area contributed by atoms with Crippen LogP contribution < -0.4 is 5.32 Å². The van der Waals surface area contributed by atoms with E-state index in [1.807, 2.05) is 30.1 Å². The van der Waals surface area contributed by atoms with Crippen molar-refractivity contribution in [3.05, 3.63) is 33.3 Å². The van der Waals surface area contributed by atoms with Crippen LogP contribution in [0.25, 0.3) is 0 Å². The Labute approximate surface area is 139 Å². The van der Waals surface area contributed by atoms with E-state index in [1.165, 1.54) is 0 Å². The molecule has 2 rings (SSSR count). The summed E-state index contributed by atoms with van der Waals surface area (Å²) in [5.74, 6) is 0.188. The summed E-state index contributed by atoms with van der Waals surface area (Å²) >= 11 is 9.39. The van der Waals surface area contributed by atoms with Crippen LogP contribution in [0.5, 0.6) is 0 Å². The van der Waals surface area contributed by atoms with E-state index in [4.69, 9.17) is 11.6 Å². The number of benzene rings is 1. The van der Waals surface area contributed by atoms with Gasteiger partial charge in [0.25, 0.3) is 0 Å². The molecule has 0 saturated carbocycles. The van der Waals surface area contributed by atoms with Crippen molar-refractivity contribution in [1.82, 2.24) is 10.2 Å². The number of carbonyl (C=O) groups is 1. The molecule has 0 aromatic heterocycles. The first-order valence-corrected chi connectivity index (χ1v) is 7.66. The summed E-state index contributed by atoms with van der Waals surface area (Å²) in [5.41, 5.74) is 0.967. The zero-order chi connectivity index (χ0) is 13.8. The van der Waals surface area contributed by atoms with Crippen molar-refractivity contribution in [3.63, 3.8) is 0 Å². The van der Waals surface area contributed by atoms with Crippen LogP contribution >= 0.6 is 39.9 Å². The van der Waals surface area contributed by atoms with Crippen LogP contribution in [0, 0.1) is 0 Å². The molecule has 6 heteroatoms. The highest BCUT2D eigenvalue weighted by Crippen LogP contribution is 2.23. The number of rotatable bonds is 3. The molecule has 0 aliphatic carbocycles. The maximum atomic E-state index is 12.2. The fourth-order valence-electron chi connectivity index (χ4n) is 2.35. The van der Waals surface area contributed by atoms with E-state index in [0.717, 1.165) is 36.0 Å². The molecule has 112 valence electrons. The SMILES string of the molecule is CNC1CCN(C(=O)Cc2ccc(Br)c(Cl)c2)CC1.Cl. The van der Waals surface area contributed by atoms with E-state index >= 15 is 0 Å². The molecule has 1 saturated heterocycles. The van der Waals surface area contributed by atoms with Crippen LogP contribution in [0.1, 0.15) is 18.4 Å². The minimum Gasteiger partial charge on any atom is -0.342 e. The number of amides is 1. The van der Waals surface area contributed by atoms with Crippen LogP contribution in [0.15, 0.2) is 22.7 Å². The predicted molar refractivity (Wildman–Crippen MR) is 88.8 cm³/mol. The Morgan fingerprint density at radius 3 is 2.65 bits per heavy atom. The summed E-state index contributed by atoms with van der Waals surface area (Å²) in [4.78, 5) is 14.2. The average Bonchev–Trinajstić information content (AvgIpc) is 2.43. The van der Waals surface area contributed by atoms with Gasteiger partial charge in [0.2, 0.25) is 5.91 Å². The molecule has 1 N–H and O–H groups in total. The van der Waals surface area contributed by atoms with E-state index in [2.05, 4.69) is 21.2 Å². The first-order valence-electron chi connectivity index (χ1n) is 6.49. The largest absolute Gasteiger partial charge is 0.342 e. The molecule has 1 heterocycles. The first-order chi connectivity index (χ1) is 9.10. The van der Waals surface area contributed by atoms with Gasteiger partial charge in [0.1, 0.15) is 0 Å². The van der Waals surface area contributed by atoms with Crippen molar-refractivity contribution in [2.24, 2.45) is 0 Å². The number of hydrogen-bond acceptors (Lipinski definition) is 2. The number of nitrogens with zero attached hydrogens (tertiary/aromatic N) is 1. The zero-order valence-corrected chi connectivity index (χ0v) is 14.5. The second-order valence-electron chi connectivity index (χ2n) is 4.87. The number of hydrogen-bond donors (Lipinski definition) is 1. The highest BCUT2D eigenvalue weighted by atomic mass is 79.9. The molecule has 1 aromatic carbocycles. The maximum Gasteiger partial charge on any atom is 0.226 e. The fraction of sp³-hybridized carbons (Fsp3) is 0.500. The highest BCUT2D eigenvalue weighted by Gasteiger charge is 2.21. The summed E-state index contributed by atoms with van der Waals surface area (Å²) in [7, 11) is 1.98. The monoisotopic (exact) mass is 380 g/mol. The van der Waals surface area contributed by atoms with E-state index in [9.17, 15) is 4.79 Å². The Morgan fingerprint density at radius 2 is 2.10 bits per heavy atom. The molecular formula is C14H19BrCl2N2O. The molecule has 0 atom stereocenters. The van der Waals surface area contributed by atoms with Gasteiger partial charge in [-0.05, 0) is 53.5 Å². The average molecular weight is 382 g/mol. The van der Waals surface area contributed by atoms with E-state index in [1.54, 1.807) is 0 Å². The Kier molecular flexibility index (Phi) is 7.30. The number of likely N-dealkylation sites (tertiary alicyclic amines) is 1. The quantitative estimate of drug-likeness (QED) is 0.871. The molecule has 1 fully saturated rings. The molecule has 20 heavy (non-hydrogen) atoms. The minimum atomic E-state index is 0. The molecule has 0 bridgehead atoms. The molecule has 1 aromatic rings. The normalized spacial score (nSPS) is 15.8. The van der Waals surface area contributed by atoms with Crippen molar-refractivity contribution >= 4 is 45.8 Å². The minimum absolute atomic E-state index is 0. The Hall–Kier alpha value is -0.290. The topological polar surface area (TPSA) is 32.3 Å². The van der Waals surface area contributed by atoms with Gasteiger partial charge in [0.15, 0.2) is 0 Å². The Balaban J connectivity index is 0.00000200. The molecule has 0 radical (unpaired) electrons. The number of nitrogens with one attached hydrogen (secondary N) is 1. The summed E-state index contributed by atoms with van der Waals surface area (Å²) in [5, 5.41) is 3.92. The zero-order valence-electron chi connectivity index (χ0n) is 11.4. The van der Waals surface area contributed by atoms with Crippen molar-refractivity contribution in [1.29, 1.82) is 0 Å². The standard InChI is InChI=1S/C14H18BrClN2O.ClH/c1-17-11-4-6-18(7-5-11)14(19)9-10-2-3-12(15)13(16)8-10;/h2-3,8,11,17H,4-7,9H2,1H3;1H. The summed E-state index contributed by atoms with van der Waals surface area (Å²) in [6, 6.07) is 6.22. The van der Waals surface area contributed by atoms with Gasteiger partial charge < -0.3 is 10.2 Å². The Morgan fingerprint density at radius 1 is 1.45 bits per heavy atom. The summed E-state index contributed by atoms with van der Waals surface area (Å²) in [6.07, 6.45) is 2.49. The third-order valence-corrected chi connectivity index (χ3v) is 4.83. The van der Waals surface area contributed by atoms with Crippen molar-refractivity contribution in [2.75, 3.05) is 20.1 Å². The molecule has 1 aliphatic rings. The first kappa shape index (κ1) is 17.8. The van der Waals surface area contributed by atoms with E-state index in [0.29, 0.717) is 17.5 Å². The summed E-state index contributed by atoms with van der Waals surface area (Å²) in [6.45, 7) is 1.68. The van der Waals surface area contributed by atoms with Crippen LogP contribution in [-0.4, -0.2) is 37.0 Å². The van der Waals surface area contributed by atoms with Gasteiger partial charge in [-0.1, -0.05) is 17.7 Å².